The van der Waals surface area contributed by atoms with E-state index in [0.29, 0.717) is 12.8 Å². The van der Waals surface area contributed by atoms with Crippen LogP contribution in [0.4, 0.5) is 0 Å². The van der Waals surface area contributed by atoms with Crippen molar-refractivity contribution in [3.63, 3.8) is 0 Å². The minimum atomic E-state index is -1.65. The van der Waals surface area contributed by atoms with Gasteiger partial charge in [-0.1, -0.05) is 56.0 Å². The number of fused-ring (bicyclic) bond motifs is 3. The summed E-state index contributed by atoms with van der Waals surface area (Å²) in [6, 6.07) is 10.9. The van der Waals surface area contributed by atoms with Gasteiger partial charge in [-0.05, 0) is 80.4 Å². The summed E-state index contributed by atoms with van der Waals surface area (Å²) in [5.74, 6) is -3.76. The molecule has 0 aromatic heterocycles. The molecule has 0 heterocycles. The van der Waals surface area contributed by atoms with Crippen molar-refractivity contribution >= 4 is 23.2 Å². The van der Waals surface area contributed by atoms with E-state index in [1.54, 1.807) is 19.0 Å². The maximum absolute atomic E-state index is 14.3. The highest BCUT2D eigenvalue weighted by molar-refractivity contribution is 6.24. The quantitative estimate of drug-likeness (QED) is 0.384. The molecule has 42 heavy (non-hydrogen) atoms. The number of nitrogens with two attached hydrogens (primary N) is 1. The molecule has 220 valence electrons. The third kappa shape index (κ3) is 4.10. The molecule has 0 saturated heterocycles. The highest BCUT2D eigenvalue weighted by Crippen LogP contribution is 2.57. The van der Waals surface area contributed by atoms with Gasteiger partial charge in [-0.25, -0.2) is 0 Å². The van der Waals surface area contributed by atoms with Crippen molar-refractivity contribution in [3.05, 3.63) is 70.0 Å². The van der Waals surface area contributed by atoms with Crippen LogP contribution in [-0.2, 0) is 27.2 Å². The van der Waals surface area contributed by atoms with E-state index < -0.39 is 52.1 Å². The molecular weight excluding hydrogens is 532 g/mol. The van der Waals surface area contributed by atoms with Crippen molar-refractivity contribution < 1.29 is 29.7 Å². The van der Waals surface area contributed by atoms with E-state index in [2.05, 4.69) is 24.3 Å². The number of allylic oxidation sites excluding steroid dienone is 2. The van der Waals surface area contributed by atoms with E-state index in [1.165, 1.54) is 44.2 Å². The molecule has 8 nitrogen and oxygen atoms in total. The Hall–Kier alpha value is -3.91. The number of nitrogens with zero attached hydrogens (tertiary/aromatic N) is 1. The van der Waals surface area contributed by atoms with E-state index in [1.807, 2.05) is 6.07 Å². The fourth-order valence-corrected chi connectivity index (χ4v) is 8.18. The van der Waals surface area contributed by atoms with E-state index in [0.717, 1.165) is 29.0 Å². The molecule has 4 atom stereocenters. The first-order valence-corrected chi connectivity index (χ1v) is 14.8. The largest absolute Gasteiger partial charge is 0.510 e. The van der Waals surface area contributed by atoms with Crippen LogP contribution >= 0.6 is 0 Å². The molecule has 2 aromatic rings. The topological polar surface area (TPSA) is 141 Å². The number of rotatable bonds is 5. The van der Waals surface area contributed by atoms with Gasteiger partial charge in [-0.3, -0.25) is 19.3 Å². The number of aliphatic hydroxyl groups excluding tert-OH is 2. The summed E-state index contributed by atoms with van der Waals surface area (Å²) in [7, 11) is 3.39. The first-order chi connectivity index (χ1) is 19.9. The third-order valence-electron chi connectivity index (χ3n) is 10.3. The lowest BCUT2D eigenvalue weighted by atomic mass is 9.52. The Morgan fingerprint density at radius 1 is 1.02 bits per heavy atom. The number of aromatic hydroxyl groups is 1. The number of phenolic OH excluding ortho intramolecular Hbond substituents is 1. The first kappa shape index (κ1) is 28.2. The number of aliphatic hydroxyl groups is 2. The second kappa shape index (κ2) is 10.1. The Bertz CT molecular complexity index is 1560. The van der Waals surface area contributed by atoms with Gasteiger partial charge in [0.2, 0.25) is 0 Å². The number of likely N-dealkylation sites (N-methyl/N-ethyl adjacent to an activating group) is 1. The van der Waals surface area contributed by atoms with Gasteiger partial charge >= 0.3 is 0 Å². The Labute approximate surface area is 245 Å². The summed E-state index contributed by atoms with van der Waals surface area (Å²) in [5.41, 5.74) is 7.44. The Balaban J connectivity index is 1.45. The Morgan fingerprint density at radius 2 is 1.69 bits per heavy atom. The monoisotopic (exact) mass is 570 g/mol. The van der Waals surface area contributed by atoms with Crippen molar-refractivity contribution in [2.75, 3.05) is 14.1 Å². The van der Waals surface area contributed by atoms with E-state index >= 15 is 0 Å². The lowest BCUT2D eigenvalue weighted by Crippen LogP contribution is -2.60. The molecule has 0 radical (unpaired) electrons. The molecule has 0 spiro atoms. The predicted molar refractivity (Wildman–Crippen MR) is 158 cm³/mol. The summed E-state index contributed by atoms with van der Waals surface area (Å²) in [6.45, 7) is 1.51. The van der Waals surface area contributed by atoms with Crippen molar-refractivity contribution in [2.45, 2.75) is 57.9 Å². The average molecular weight is 571 g/mol. The highest BCUT2D eigenvalue weighted by Gasteiger charge is 2.62. The number of phenols is 1. The maximum Gasteiger partial charge on any atom is 0.255 e. The fourth-order valence-electron chi connectivity index (χ4n) is 8.18. The molecule has 1 unspecified atom stereocenters. The molecule has 6 rings (SSSR count). The Kier molecular flexibility index (Phi) is 6.80. The molecule has 4 aliphatic rings. The lowest BCUT2D eigenvalue weighted by Gasteiger charge is -2.51. The van der Waals surface area contributed by atoms with Gasteiger partial charge in [0.15, 0.2) is 11.6 Å². The molecule has 0 aliphatic heterocycles. The zero-order valence-electron chi connectivity index (χ0n) is 24.3. The van der Waals surface area contributed by atoms with Crippen molar-refractivity contribution in [3.8, 4) is 16.9 Å². The van der Waals surface area contributed by atoms with E-state index in [-0.39, 0.29) is 22.6 Å². The number of benzene rings is 2. The number of primary amides is 1. The van der Waals surface area contributed by atoms with Crippen molar-refractivity contribution in [1.82, 2.24) is 4.90 Å². The maximum atomic E-state index is 14.3. The number of amides is 1. The van der Waals surface area contributed by atoms with Crippen LogP contribution in [0.5, 0.6) is 5.75 Å². The molecule has 1 amide bonds. The molecular formula is C34H38N2O6. The third-order valence-corrected chi connectivity index (χ3v) is 10.3. The smallest absolute Gasteiger partial charge is 0.255 e. The van der Waals surface area contributed by atoms with Crippen LogP contribution in [0.15, 0.2) is 53.3 Å². The van der Waals surface area contributed by atoms with Crippen LogP contribution in [-0.4, -0.2) is 57.8 Å². The van der Waals surface area contributed by atoms with Crippen LogP contribution in [0.1, 0.15) is 55.7 Å². The average Bonchev–Trinajstić information content (AvgIpc) is 3.44. The predicted octanol–water partition coefficient (Wildman–Crippen LogP) is 4.64. The van der Waals surface area contributed by atoms with Crippen LogP contribution in [0.25, 0.3) is 16.9 Å². The van der Waals surface area contributed by atoms with Gasteiger partial charge in [0.1, 0.15) is 22.8 Å². The van der Waals surface area contributed by atoms with Gasteiger partial charge in [0.05, 0.1) is 17.0 Å². The van der Waals surface area contributed by atoms with E-state index in [4.69, 9.17) is 5.73 Å². The molecule has 4 aliphatic carbocycles. The molecule has 2 fully saturated rings. The molecule has 2 saturated carbocycles. The number of ketones is 2. The minimum Gasteiger partial charge on any atom is -0.510 e. The zero-order valence-corrected chi connectivity index (χ0v) is 24.3. The van der Waals surface area contributed by atoms with E-state index in [9.17, 15) is 29.7 Å². The number of hydrogen-bond acceptors (Lipinski definition) is 7. The van der Waals surface area contributed by atoms with Gasteiger partial charge < -0.3 is 21.1 Å². The summed E-state index contributed by atoms with van der Waals surface area (Å²) in [4.78, 5) is 41.6. The summed E-state index contributed by atoms with van der Waals surface area (Å²) >= 11 is 0. The van der Waals surface area contributed by atoms with Crippen molar-refractivity contribution in [2.24, 2.45) is 28.9 Å². The summed E-state index contributed by atoms with van der Waals surface area (Å²) in [6.07, 6.45) is 6.89. The van der Waals surface area contributed by atoms with Crippen LogP contribution in [0, 0.1) is 23.2 Å². The van der Waals surface area contributed by atoms with Gasteiger partial charge in [0, 0.05) is 11.5 Å². The highest BCUT2D eigenvalue weighted by atomic mass is 16.3. The van der Waals surface area contributed by atoms with Gasteiger partial charge in [-0.15, -0.1) is 0 Å². The number of hydrogen-bond donors (Lipinski definition) is 4. The minimum absolute atomic E-state index is 0.0998. The Morgan fingerprint density at radius 3 is 2.31 bits per heavy atom. The van der Waals surface area contributed by atoms with Crippen LogP contribution in [0.2, 0.25) is 0 Å². The standard InChI is InChI=1S/C34H38N2O6/c1-34-23(28(36(2)3)30(39)27(32(34)41)33(35)42)16-20-15-22-21(12-13-24(37)26(22)29(38)25(20)31(34)40)19-10-8-18(9-11-19)14-17-6-4-5-7-17/h8-13,17,20,23,28,37-38,41H,4-7,14-16H2,1-3H3,(H2,35,42)/t20-,23-,28?,34+/m0/s1. The lowest BCUT2D eigenvalue weighted by molar-refractivity contribution is -0.139. The molecule has 0 bridgehead atoms. The van der Waals surface area contributed by atoms with Crippen LogP contribution in [0.3, 0.4) is 0 Å². The molecule has 2 aromatic carbocycles. The second-order valence-corrected chi connectivity index (χ2v) is 12.9. The summed E-state index contributed by atoms with van der Waals surface area (Å²) in [5, 5.41) is 33.8. The normalized spacial score (nSPS) is 27.8. The van der Waals surface area contributed by atoms with Gasteiger partial charge in [0.25, 0.3) is 5.91 Å². The van der Waals surface area contributed by atoms with Crippen molar-refractivity contribution in [1.29, 1.82) is 0 Å². The fraction of sp³-hybridized carbons (Fsp3) is 0.441. The SMILES string of the molecule is CN(C)C1C(=O)C(C(N)=O)=C(O)[C@@]2(C)C(=O)C3=C(O)c4c(O)ccc(-c5ccc(CC6CCCC6)cc5)c4C[C@H]3C[C@@H]12. The number of carbonyl (C=O) groups is 3. The van der Waals surface area contributed by atoms with Gasteiger partial charge in [-0.2, -0.15) is 0 Å². The molecule has 8 heteroatoms. The first-order valence-electron chi connectivity index (χ1n) is 14.8. The number of Topliss-reactive ketones (excluding diaryl/α,β-unsaturated/α-hetero) is 2. The molecule has 5 N–H and O–H groups in total. The summed E-state index contributed by atoms with van der Waals surface area (Å²) < 4.78 is 0. The van der Waals surface area contributed by atoms with Crippen LogP contribution < -0.4 is 5.73 Å². The zero-order chi connectivity index (χ0) is 30.1. The second-order valence-electron chi connectivity index (χ2n) is 12.9. The number of carbonyl (C=O) groups excluding carboxylic acids is 3.